The minimum absolute atomic E-state index is 0.143. The van der Waals surface area contributed by atoms with Gasteiger partial charge in [-0.05, 0) is 6.92 Å². The molecule has 1 N–H and O–H groups in total. The molecule has 9 heteroatoms. The Labute approximate surface area is 198 Å². The molecular formula is C24H40BFN4O3. The van der Waals surface area contributed by atoms with E-state index in [9.17, 15) is 14.0 Å². The number of likely N-dealkylation sites (N-methyl/N-ethyl adjacent to an activating group) is 1. The Bertz CT molecular complexity index is 733. The van der Waals surface area contributed by atoms with Crippen molar-refractivity contribution in [3.8, 4) is 0 Å². The Balaban J connectivity index is 2.09. The SMILES string of the molecule is B=C/C(=C\C(CCN1CC(F)C1)=N/N(C)C(CC(C)C)C(=O)NCCC(=O)OCC)C1CC1. The number of carbonyl (C=O) groups is 2. The average molecular weight is 462 g/mol. The number of ether oxygens (including phenoxy) is 1. The predicted octanol–water partition coefficient (Wildman–Crippen LogP) is 1.84. The second-order valence-electron chi connectivity index (χ2n) is 9.39. The molecule has 0 aromatic carbocycles. The summed E-state index contributed by atoms with van der Waals surface area (Å²) in [6.07, 6.45) is 5.14. The van der Waals surface area contributed by atoms with Crippen LogP contribution >= 0.6 is 0 Å². The van der Waals surface area contributed by atoms with Crippen LogP contribution in [0.15, 0.2) is 16.8 Å². The van der Waals surface area contributed by atoms with Crippen LogP contribution < -0.4 is 5.32 Å². The fourth-order valence-electron chi connectivity index (χ4n) is 3.85. The zero-order chi connectivity index (χ0) is 24.4. The molecule has 0 aromatic rings. The van der Waals surface area contributed by atoms with Gasteiger partial charge in [-0.15, -0.1) is 0 Å². The molecule has 1 amide bonds. The van der Waals surface area contributed by atoms with E-state index in [-0.39, 0.29) is 24.8 Å². The van der Waals surface area contributed by atoms with Crippen LogP contribution in [0.5, 0.6) is 0 Å². The van der Waals surface area contributed by atoms with Crippen LogP contribution in [-0.4, -0.2) is 93.0 Å². The van der Waals surface area contributed by atoms with Crippen LogP contribution in [0.4, 0.5) is 4.39 Å². The number of nitrogens with one attached hydrogen (secondary N) is 1. The van der Waals surface area contributed by atoms with E-state index in [1.807, 2.05) is 13.0 Å². The van der Waals surface area contributed by atoms with Gasteiger partial charge in [0, 0.05) is 0 Å². The Hall–Kier alpha value is -2.03. The summed E-state index contributed by atoms with van der Waals surface area (Å²) in [5, 5.41) is 9.41. The number of nitrogens with zero attached hydrogens (tertiary/aromatic N) is 3. The molecule has 2 aliphatic rings. The van der Waals surface area contributed by atoms with E-state index in [1.54, 1.807) is 11.9 Å². The van der Waals surface area contributed by atoms with Crippen molar-refractivity contribution in [2.75, 3.05) is 39.8 Å². The predicted molar refractivity (Wildman–Crippen MR) is 133 cm³/mol. The zero-order valence-corrected chi connectivity index (χ0v) is 20.7. The van der Waals surface area contributed by atoms with Crippen LogP contribution in [0.3, 0.4) is 0 Å². The van der Waals surface area contributed by atoms with Gasteiger partial charge < -0.3 is 4.74 Å². The molecule has 2 rings (SSSR count). The molecular weight excluding hydrogens is 422 g/mol. The molecule has 0 radical (unpaired) electrons. The molecule has 0 spiro atoms. The van der Waals surface area contributed by atoms with E-state index in [0.29, 0.717) is 44.4 Å². The van der Waals surface area contributed by atoms with Gasteiger partial charge in [0.1, 0.15) is 0 Å². The number of amides is 1. The molecule has 0 aromatic heterocycles. The second-order valence-corrected chi connectivity index (χ2v) is 9.39. The standard InChI is InChI=1S/C24H40BFN4O3/c1-5-33-23(31)8-10-27-24(32)22(12-17(2)3)29(4)28-21(9-11-30-15-20(26)16-30)13-19(14-25)18-6-7-18/h13-14,17-18,20,22,25H,5-12,15-16H2,1-4H3,(H,27,32)/b19-13+,28-21-. The summed E-state index contributed by atoms with van der Waals surface area (Å²) in [5.41, 5.74) is 2.04. The third-order valence-electron chi connectivity index (χ3n) is 5.88. The Morgan fingerprint density at radius 2 is 2.00 bits per heavy atom. The van der Waals surface area contributed by atoms with Gasteiger partial charge in [-0.25, -0.2) is 0 Å². The number of likely N-dealkylation sites (tertiary alicyclic amines) is 1. The summed E-state index contributed by atoms with van der Waals surface area (Å²) >= 11 is 0. The number of hydrazone groups is 1. The Morgan fingerprint density at radius 1 is 1.30 bits per heavy atom. The number of alkyl halides is 1. The number of allylic oxidation sites excluding steroid dienone is 2. The van der Waals surface area contributed by atoms with Crippen molar-refractivity contribution in [3.63, 3.8) is 0 Å². The van der Waals surface area contributed by atoms with Gasteiger partial charge >= 0.3 is 175 Å². The van der Waals surface area contributed by atoms with E-state index in [4.69, 9.17) is 9.84 Å². The van der Waals surface area contributed by atoms with Crippen LogP contribution in [0.25, 0.3) is 0 Å². The molecule has 1 heterocycles. The Morgan fingerprint density at radius 3 is 2.55 bits per heavy atom. The van der Waals surface area contributed by atoms with Crippen molar-refractivity contribution < 1.29 is 18.7 Å². The van der Waals surface area contributed by atoms with Crippen molar-refractivity contribution in [1.29, 1.82) is 0 Å². The summed E-state index contributed by atoms with van der Waals surface area (Å²) in [4.78, 5) is 26.6. The third-order valence-corrected chi connectivity index (χ3v) is 5.88. The molecule has 2 fully saturated rings. The van der Waals surface area contributed by atoms with Gasteiger partial charge in [0.25, 0.3) is 0 Å². The number of hydrogen-bond donors (Lipinski definition) is 1. The number of halogens is 1. The van der Waals surface area contributed by atoms with Gasteiger partial charge in [0.15, 0.2) is 0 Å². The second kappa shape index (κ2) is 13.6. The summed E-state index contributed by atoms with van der Waals surface area (Å²) < 4.78 is 18.1. The first-order valence-electron chi connectivity index (χ1n) is 12.2. The molecule has 1 unspecified atom stereocenters. The summed E-state index contributed by atoms with van der Waals surface area (Å²) in [7, 11) is 5.77. The van der Waals surface area contributed by atoms with Gasteiger partial charge in [-0.1, -0.05) is 0 Å². The van der Waals surface area contributed by atoms with Crippen LogP contribution in [0.1, 0.15) is 52.9 Å². The fraction of sp³-hybridized carbons (Fsp3) is 0.750. The molecule has 1 saturated heterocycles. The monoisotopic (exact) mass is 462 g/mol. The zero-order valence-electron chi connectivity index (χ0n) is 20.7. The van der Waals surface area contributed by atoms with Crippen molar-refractivity contribution in [3.05, 3.63) is 11.6 Å². The van der Waals surface area contributed by atoms with Gasteiger partial charge in [0.2, 0.25) is 0 Å². The van der Waals surface area contributed by atoms with Crippen LogP contribution in [-0.2, 0) is 14.3 Å². The van der Waals surface area contributed by atoms with Gasteiger partial charge in [-0.2, -0.15) is 0 Å². The number of carbonyl (C=O) groups excluding carboxylic acids is 2. The summed E-state index contributed by atoms with van der Waals surface area (Å²) in [5.74, 6) is 2.24. The third kappa shape index (κ3) is 9.78. The molecule has 33 heavy (non-hydrogen) atoms. The maximum absolute atomic E-state index is 13.2. The molecule has 184 valence electrons. The molecule has 1 aliphatic heterocycles. The van der Waals surface area contributed by atoms with Crippen LogP contribution in [0.2, 0.25) is 0 Å². The van der Waals surface area contributed by atoms with E-state index in [1.165, 1.54) is 5.57 Å². The first-order valence-corrected chi connectivity index (χ1v) is 12.2. The van der Waals surface area contributed by atoms with Crippen molar-refractivity contribution in [2.45, 2.75) is 65.1 Å². The topological polar surface area (TPSA) is 74.2 Å². The van der Waals surface area contributed by atoms with Crippen LogP contribution in [0, 0.1) is 11.8 Å². The van der Waals surface area contributed by atoms with E-state index >= 15 is 0 Å². The summed E-state index contributed by atoms with van der Waals surface area (Å²) in [6.45, 7) is 8.14. The average Bonchev–Trinajstić information content (AvgIpc) is 3.57. The Kier molecular flexibility index (Phi) is 11.2. The number of esters is 1. The molecule has 0 bridgehead atoms. The van der Waals surface area contributed by atoms with E-state index in [0.717, 1.165) is 25.1 Å². The summed E-state index contributed by atoms with van der Waals surface area (Å²) in [6, 6.07) is -0.456. The fourth-order valence-corrected chi connectivity index (χ4v) is 3.85. The van der Waals surface area contributed by atoms with Crippen molar-refractivity contribution in [1.82, 2.24) is 15.2 Å². The van der Waals surface area contributed by atoms with Gasteiger partial charge in [-0.3, -0.25) is 4.79 Å². The quantitative estimate of drug-likeness (QED) is 0.174. The maximum atomic E-state index is 13.2. The minimum atomic E-state index is -0.729. The number of rotatable bonds is 15. The molecule has 7 nitrogen and oxygen atoms in total. The van der Waals surface area contributed by atoms with Gasteiger partial charge in [0.05, 0.1) is 6.61 Å². The van der Waals surface area contributed by atoms with Crippen molar-refractivity contribution in [2.24, 2.45) is 16.9 Å². The van der Waals surface area contributed by atoms with E-state index in [2.05, 4.69) is 37.6 Å². The normalized spacial score (nSPS) is 18.6. The first kappa shape index (κ1) is 27.2. The van der Waals surface area contributed by atoms with E-state index < -0.39 is 12.2 Å². The molecule has 1 saturated carbocycles. The number of hydrogen-bond acceptors (Lipinski definition) is 6. The molecule has 1 aliphatic carbocycles. The molecule has 1 atom stereocenters. The van der Waals surface area contributed by atoms with Crippen molar-refractivity contribution >= 4 is 31.0 Å². The first-order chi connectivity index (χ1) is 15.7.